The molecule has 0 aromatic rings. The van der Waals surface area contributed by atoms with Crippen LogP contribution in [0.15, 0.2) is 0 Å². The number of hydrogen-bond acceptors (Lipinski definition) is 3. The molecule has 0 rings (SSSR count). The molecular weight excluding hydrogens is 370 g/mol. The summed E-state index contributed by atoms with van der Waals surface area (Å²) >= 11 is 0. The van der Waals surface area contributed by atoms with Crippen LogP contribution in [0.3, 0.4) is 0 Å². The summed E-state index contributed by atoms with van der Waals surface area (Å²) in [5.41, 5.74) is 0. The van der Waals surface area contributed by atoms with Gasteiger partial charge in [0.05, 0.1) is 0 Å². The molecule has 3 nitrogen and oxygen atoms in total. The van der Waals surface area contributed by atoms with Crippen LogP contribution in [-0.2, 0) is 0 Å². The van der Waals surface area contributed by atoms with E-state index in [1.54, 1.807) is 0 Å². The molecule has 0 bridgehead atoms. The smallest absolute Gasteiger partial charge is 0.0431 e. The van der Waals surface area contributed by atoms with Gasteiger partial charge in [0.25, 0.3) is 0 Å². The first-order chi connectivity index (χ1) is 14.9. The first kappa shape index (κ1) is 29.9. The Morgan fingerprint density at radius 1 is 0.267 bits per heavy atom. The van der Waals surface area contributed by atoms with Crippen molar-refractivity contribution in [1.29, 1.82) is 0 Å². The Balaban J connectivity index is 2.97. The minimum atomic E-state index is 0.342. The summed E-state index contributed by atoms with van der Waals surface area (Å²) in [5, 5.41) is 21.0. The van der Waals surface area contributed by atoms with Gasteiger partial charge in [-0.15, -0.1) is 0 Å². The molecule has 0 fully saturated rings. The molecule has 0 aliphatic carbocycles. The van der Waals surface area contributed by atoms with Crippen molar-refractivity contribution in [2.24, 2.45) is 0 Å². The minimum Gasteiger partial charge on any atom is -0.396 e. The topological polar surface area (TPSA) is 52.5 Å². The maximum atomic E-state index is 8.75. The van der Waals surface area contributed by atoms with Crippen LogP contribution in [-0.4, -0.2) is 36.5 Å². The van der Waals surface area contributed by atoms with Crippen LogP contribution >= 0.6 is 0 Å². The van der Waals surface area contributed by atoms with Crippen molar-refractivity contribution in [3.63, 3.8) is 0 Å². The van der Waals surface area contributed by atoms with E-state index in [0.29, 0.717) is 13.2 Å². The van der Waals surface area contributed by atoms with E-state index < -0.39 is 0 Å². The molecular formula is C27H57NO2. The standard InChI is InChI=1S/C27H57NO2/c29-26-22-18-16-14-12-10-8-6-4-2-1-3-5-7-9-11-13-15-17-20-24-28-25-21-19-23-27-30/h28-30H,1-27H2. The lowest BCUT2D eigenvalue weighted by Crippen LogP contribution is -2.16. The van der Waals surface area contributed by atoms with Gasteiger partial charge >= 0.3 is 0 Å². The highest BCUT2D eigenvalue weighted by Gasteiger charge is 1.96. The lowest BCUT2D eigenvalue weighted by molar-refractivity contribution is 0.282. The van der Waals surface area contributed by atoms with Crippen LogP contribution in [0, 0.1) is 0 Å². The Bertz CT molecular complexity index is 258. The number of hydrogen-bond donors (Lipinski definition) is 3. The Kier molecular flexibility index (Phi) is 28.8. The van der Waals surface area contributed by atoms with Crippen molar-refractivity contribution in [1.82, 2.24) is 5.32 Å². The van der Waals surface area contributed by atoms with Gasteiger partial charge in [-0.05, 0) is 45.2 Å². The molecule has 0 atom stereocenters. The number of aliphatic hydroxyl groups excluding tert-OH is 2. The third-order valence-corrected chi connectivity index (χ3v) is 6.27. The first-order valence-electron chi connectivity index (χ1n) is 13.8. The number of rotatable bonds is 27. The molecule has 0 saturated carbocycles. The lowest BCUT2D eigenvalue weighted by Gasteiger charge is -2.05. The maximum Gasteiger partial charge on any atom is 0.0431 e. The highest BCUT2D eigenvalue weighted by Crippen LogP contribution is 2.14. The zero-order valence-electron chi connectivity index (χ0n) is 20.5. The van der Waals surface area contributed by atoms with Crippen molar-refractivity contribution in [3.05, 3.63) is 0 Å². The Hall–Kier alpha value is -0.120. The van der Waals surface area contributed by atoms with E-state index in [1.807, 2.05) is 0 Å². The number of nitrogens with one attached hydrogen (secondary N) is 1. The van der Waals surface area contributed by atoms with E-state index in [2.05, 4.69) is 5.32 Å². The van der Waals surface area contributed by atoms with Crippen LogP contribution in [0.4, 0.5) is 0 Å². The maximum absolute atomic E-state index is 8.75. The van der Waals surface area contributed by atoms with Crippen LogP contribution in [0.1, 0.15) is 148 Å². The van der Waals surface area contributed by atoms with Crippen molar-refractivity contribution in [3.8, 4) is 0 Å². The van der Waals surface area contributed by atoms with Gasteiger partial charge in [0.1, 0.15) is 0 Å². The fourth-order valence-electron chi connectivity index (χ4n) is 4.21. The predicted molar refractivity (Wildman–Crippen MR) is 133 cm³/mol. The second-order valence-electron chi connectivity index (χ2n) is 9.33. The molecule has 0 amide bonds. The molecule has 0 aromatic carbocycles. The molecule has 0 heterocycles. The molecule has 0 aliphatic heterocycles. The van der Waals surface area contributed by atoms with Gasteiger partial charge in [0, 0.05) is 13.2 Å². The Morgan fingerprint density at radius 2 is 0.467 bits per heavy atom. The van der Waals surface area contributed by atoms with Gasteiger partial charge in [-0.1, -0.05) is 116 Å². The highest BCUT2D eigenvalue weighted by atomic mass is 16.3. The zero-order valence-corrected chi connectivity index (χ0v) is 20.5. The van der Waals surface area contributed by atoms with Gasteiger partial charge in [0.2, 0.25) is 0 Å². The van der Waals surface area contributed by atoms with Crippen LogP contribution in [0.25, 0.3) is 0 Å². The average Bonchev–Trinajstić information content (AvgIpc) is 2.76. The van der Waals surface area contributed by atoms with Gasteiger partial charge in [-0.25, -0.2) is 0 Å². The van der Waals surface area contributed by atoms with E-state index in [1.165, 1.54) is 135 Å². The molecule has 3 N–H and O–H groups in total. The summed E-state index contributed by atoms with van der Waals surface area (Å²) in [6.07, 6.45) is 31.0. The second kappa shape index (κ2) is 28.9. The molecule has 0 aromatic heterocycles. The van der Waals surface area contributed by atoms with Gasteiger partial charge in [-0.3, -0.25) is 0 Å². The average molecular weight is 428 g/mol. The fraction of sp³-hybridized carbons (Fsp3) is 1.00. The third kappa shape index (κ3) is 27.9. The van der Waals surface area contributed by atoms with Gasteiger partial charge < -0.3 is 15.5 Å². The summed E-state index contributed by atoms with van der Waals surface area (Å²) in [6, 6.07) is 0. The summed E-state index contributed by atoms with van der Waals surface area (Å²) < 4.78 is 0. The zero-order chi connectivity index (χ0) is 21.8. The minimum absolute atomic E-state index is 0.342. The lowest BCUT2D eigenvalue weighted by atomic mass is 10.0. The van der Waals surface area contributed by atoms with Crippen LogP contribution in [0.5, 0.6) is 0 Å². The summed E-state index contributed by atoms with van der Waals surface area (Å²) in [4.78, 5) is 0. The van der Waals surface area contributed by atoms with Crippen molar-refractivity contribution < 1.29 is 10.2 Å². The van der Waals surface area contributed by atoms with Crippen LogP contribution in [0.2, 0.25) is 0 Å². The largest absolute Gasteiger partial charge is 0.396 e. The molecule has 182 valence electrons. The monoisotopic (exact) mass is 427 g/mol. The molecule has 3 heteroatoms. The van der Waals surface area contributed by atoms with E-state index >= 15 is 0 Å². The molecule has 30 heavy (non-hydrogen) atoms. The fourth-order valence-corrected chi connectivity index (χ4v) is 4.21. The van der Waals surface area contributed by atoms with Crippen molar-refractivity contribution in [2.45, 2.75) is 148 Å². The molecule has 0 aliphatic rings. The quantitative estimate of drug-likeness (QED) is 0.119. The molecule has 0 radical (unpaired) electrons. The van der Waals surface area contributed by atoms with Crippen molar-refractivity contribution in [2.75, 3.05) is 26.3 Å². The Labute approximate surface area is 189 Å². The summed E-state index contributed by atoms with van der Waals surface area (Å²) in [6.45, 7) is 3.00. The van der Waals surface area contributed by atoms with Gasteiger partial charge in [-0.2, -0.15) is 0 Å². The number of aliphatic hydroxyl groups is 2. The third-order valence-electron chi connectivity index (χ3n) is 6.27. The van der Waals surface area contributed by atoms with Gasteiger partial charge in [0.15, 0.2) is 0 Å². The second-order valence-corrected chi connectivity index (χ2v) is 9.33. The van der Waals surface area contributed by atoms with Crippen molar-refractivity contribution >= 4 is 0 Å². The first-order valence-corrected chi connectivity index (χ1v) is 13.8. The van der Waals surface area contributed by atoms with E-state index in [9.17, 15) is 0 Å². The van der Waals surface area contributed by atoms with E-state index in [0.717, 1.165) is 25.8 Å². The highest BCUT2D eigenvalue weighted by molar-refractivity contribution is 4.53. The van der Waals surface area contributed by atoms with E-state index in [4.69, 9.17) is 10.2 Å². The molecule has 0 spiro atoms. The SMILES string of the molecule is OCCCCCCCCCCCCCCCCCCCCCCNCCCCCO. The predicted octanol–water partition coefficient (Wildman–Crippen LogP) is 7.53. The van der Waals surface area contributed by atoms with Crippen LogP contribution < -0.4 is 5.32 Å². The summed E-state index contributed by atoms with van der Waals surface area (Å²) in [5.74, 6) is 0. The van der Waals surface area contributed by atoms with E-state index in [-0.39, 0.29) is 0 Å². The Morgan fingerprint density at radius 3 is 0.733 bits per heavy atom. The number of unbranched alkanes of at least 4 members (excludes halogenated alkanes) is 21. The summed E-state index contributed by atoms with van der Waals surface area (Å²) in [7, 11) is 0. The molecule has 0 unspecified atom stereocenters. The molecule has 0 saturated heterocycles. The normalized spacial score (nSPS) is 11.4.